The van der Waals surface area contributed by atoms with Crippen molar-refractivity contribution < 1.29 is 14.3 Å². The molecular formula is C11H11BrClNO3. The molecular weight excluding hydrogens is 309 g/mol. The standard InChI is InChI=1S/C11H11BrClNO3/c12-8-3-9(10(13)14-4-8)11(15)17-6-7-1-2-16-5-7/h3-4,7H,1-2,5-6H2. The monoisotopic (exact) mass is 319 g/mol. The largest absolute Gasteiger partial charge is 0.462 e. The summed E-state index contributed by atoms with van der Waals surface area (Å²) in [5.41, 5.74) is 0.278. The summed E-state index contributed by atoms with van der Waals surface area (Å²) >= 11 is 9.06. The Balaban J connectivity index is 1.96. The lowest BCUT2D eigenvalue weighted by atomic mass is 10.1. The number of esters is 1. The van der Waals surface area contributed by atoms with Crippen molar-refractivity contribution in [1.29, 1.82) is 0 Å². The molecule has 0 aliphatic carbocycles. The van der Waals surface area contributed by atoms with Crippen molar-refractivity contribution in [2.75, 3.05) is 19.8 Å². The Morgan fingerprint density at radius 3 is 3.24 bits per heavy atom. The fourth-order valence-corrected chi connectivity index (χ4v) is 2.06. The van der Waals surface area contributed by atoms with Crippen LogP contribution in [0.3, 0.4) is 0 Å². The summed E-state index contributed by atoms with van der Waals surface area (Å²) < 4.78 is 11.1. The Morgan fingerprint density at radius 1 is 1.71 bits per heavy atom. The maximum absolute atomic E-state index is 11.8. The average molecular weight is 321 g/mol. The van der Waals surface area contributed by atoms with E-state index in [-0.39, 0.29) is 16.6 Å². The molecule has 0 bridgehead atoms. The Hall–Kier alpha value is -0.650. The smallest absolute Gasteiger partial charge is 0.341 e. The van der Waals surface area contributed by atoms with Crippen LogP contribution in [0.25, 0.3) is 0 Å². The van der Waals surface area contributed by atoms with Gasteiger partial charge in [0.15, 0.2) is 0 Å². The van der Waals surface area contributed by atoms with Gasteiger partial charge in [0.2, 0.25) is 0 Å². The van der Waals surface area contributed by atoms with Gasteiger partial charge in [-0.15, -0.1) is 0 Å². The maximum Gasteiger partial charge on any atom is 0.341 e. The molecule has 1 saturated heterocycles. The summed E-state index contributed by atoms with van der Waals surface area (Å²) in [6.45, 7) is 1.75. The minimum Gasteiger partial charge on any atom is -0.462 e. The van der Waals surface area contributed by atoms with Crippen LogP contribution in [0.4, 0.5) is 0 Å². The molecule has 1 atom stereocenters. The highest BCUT2D eigenvalue weighted by atomic mass is 79.9. The molecule has 2 heterocycles. The molecule has 2 rings (SSSR count). The van der Waals surface area contributed by atoms with E-state index in [4.69, 9.17) is 21.1 Å². The molecule has 4 nitrogen and oxygen atoms in total. The molecule has 1 aromatic rings. The molecule has 1 unspecified atom stereocenters. The minimum absolute atomic E-state index is 0.154. The average Bonchev–Trinajstić information content (AvgIpc) is 2.82. The lowest BCUT2D eigenvalue weighted by Crippen LogP contribution is -2.15. The number of nitrogens with zero attached hydrogens (tertiary/aromatic N) is 1. The number of aromatic nitrogens is 1. The fourth-order valence-electron chi connectivity index (χ4n) is 1.55. The van der Waals surface area contributed by atoms with Gasteiger partial charge >= 0.3 is 5.97 Å². The highest BCUT2D eigenvalue weighted by Gasteiger charge is 2.19. The van der Waals surface area contributed by atoms with Gasteiger partial charge in [-0.25, -0.2) is 9.78 Å². The number of ether oxygens (including phenoxy) is 2. The first-order valence-corrected chi connectivity index (χ1v) is 6.40. The summed E-state index contributed by atoms with van der Waals surface area (Å²) in [4.78, 5) is 15.6. The first kappa shape index (κ1) is 12.8. The maximum atomic E-state index is 11.8. The quantitative estimate of drug-likeness (QED) is 0.634. The molecule has 1 aliphatic rings. The van der Waals surface area contributed by atoms with Crippen molar-refractivity contribution in [2.24, 2.45) is 5.92 Å². The Labute approximate surface area is 112 Å². The lowest BCUT2D eigenvalue weighted by molar-refractivity contribution is 0.0428. The normalized spacial score (nSPS) is 19.3. The van der Waals surface area contributed by atoms with Crippen LogP contribution < -0.4 is 0 Å². The Bertz CT molecular complexity index is 421. The van der Waals surface area contributed by atoms with E-state index in [9.17, 15) is 4.79 Å². The van der Waals surface area contributed by atoms with Crippen molar-refractivity contribution in [1.82, 2.24) is 4.98 Å². The zero-order valence-electron chi connectivity index (χ0n) is 8.99. The number of rotatable bonds is 3. The zero-order chi connectivity index (χ0) is 12.3. The molecule has 0 radical (unpaired) electrons. The molecule has 1 aliphatic heterocycles. The van der Waals surface area contributed by atoms with Crippen LogP contribution in [-0.4, -0.2) is 30.8 Å². The van der Waals surface area contributed by atoms with Crippen molar-refractivity contribution in [2.45, 2.75) is 6.42 Å². The van der Waals surface area contributed by atoms with Crippen molar-refractivity contribution in [3.63, 3.8) is 0 Å². The molecule has 0 N–H and O–H groups in total. The molecule has 92 valence electrons. The second kappa shape index (κ2) is 5.80. The van der Waals surface area contributed by atoms with Crippen LogP contribution in [0, 0.1) is 5.92 Å². The van der Waals surface area contributed by atoms with Gasteiger partial charge in [-0.05, 0) is 28.4 Å². The Kier molecular flexibility index (Phi) is 4.36. The first-order chi connectivity index (χ1) is 8.16. The number of halogens is 2. The number of hydrogen-bond donors (Lipinski definition) is 0. The predicted octanol–water partition coefficient (Wildman–Crippen LogP) is 2.69. The van der Waals surface area contributed by atoms with E-state index >= 15 is 0 Å². The van der Waals surface area contributed by atoms with Crippen LogP contribution in [0.15, 0.2) is 16.7 Å². The molecule has 0 aromatic carbocycles. The van der Waals surface area contributed by atoms with Crippen LogP contribution in [-0.2, 0) is 9.47 Å². The summed E-state index contributed by atoms with van der Waals surface area (Å²) in [7, 11) is 0. The first-order valence-electron chi connectivity index (χ1n) is 5.22. The molecule has 1 aromatic heterocycles. The van der Waals surface area contributed by atoms with E-state index in [0.29, 0.717) is 17.7 Å². The van der Waals surface area contributed by atoms with Gasteiger partial charge in [0.25, 0.3) is 0 Å². The fraction of sp³-hybridized carbons (Fsp3) is 0.455. The molecule has 0 amide bonds. The number of hydrogen-bond acceptors (Lipinski definition) is 4. The van der Waals surface area contributed by atoms with Gasteiger partial charge in [-0.1, -0.05) is 11.6 Å². The summed E-state index contributed by atoms with van der Waals surface area (Å²) in [6, 6.07) is 1.60. The van der Waals surface area contributed by atoms with Gasteiger partial charge < -0.3 is 9.47 Å². The zero-order valence-corrected chi connectivity index (χ0v) is 11.3. The number of carbonyl (C=O) groups is 1. The van der Waals surface area contributed by atoms with E-state index in [0.717, 1.165) is 13.0 Å². The van der Waals surface area contributed by atoms with Crippen LogP contribution >= 0.6 is 27.5 Å². The topological polar surface area (TPSA) is 48.4 Å². The van der Waals surface area contributed by atoms with Crippen LogP contribution in [0.2, 0.25) is 5.15 Å². The predicted molar refractivity (Wildman–Crippen MR) is 66.2 cm³/mol. The van der Waals surface area contributed by atoms with Crippen molar-refractivity contribution in [3.05, 3.63) is 27.5 Å². The minimum atomic E-state index is -0.448. The van der Waals surface area contributed by atoms with Gasteiger partial charge in [0.05, 0.1) is 18.8 Å². The third kappa shape index (κ3) is 3.40. The Morgan fingerprint density at radius 2 is 2.53 bits per heavy atom. The SMILES string of the molecule is O=C(OCC1CCOC1)c1cc(Br)cnc1Cl. The third-order valence-corrected chi connectivity index (χ3v) is 3.23. The van der Waals surface area contributed by atoms with Gasteiger partial charge in [0, 0.05) is 23.2 Å². The second-order valence-electron chi connectivity index (χ2n) is 3.82. The molecule has 0 saturated carbocycles. The van der Waals surface area contributed by atoms with Gasteiger partial charge in [-0.2, -0.15) is 0 Å². The highest BCUT2D eigenvalue weighted by Crippen LogP contribution is 2.20. The molecule has 0 spiro atoms. The van der Waals surface area contributed by atoms with Crippen LogP contribution in [0.5, 0.6) is 0 Å². The van der Waals surface area contributed by atoms with E-state index in [2.05, 4.69) is 20.9 Å². The molecule has 1 fully saturated rings. The van der Waals surface area contributed by atoms with Crippen LogP contribution in [0.1, 0.15) is 16.8 Å². The van der Waals surface area contributed by atoms with Gasteiger partial charge in [0.1, 0.15) is 5.15 Å². The molecule has 6 heteroatoms. The van der Waals surface area contributed by atoms with E-state index in [1.54, 1.807) is 6.07 Å². The van der Waals surface area contributed by atoms with Crippen molar-refractivity contribution in [3.8, 4) is 0 Å². The second-order valence-corrected chi connectivity index (χ2v) is 5.09. The third-order valence-electron chi connectivity index (χ3n) is 2.50. The summed E-state index contributed by atoms with van der Waals surface area (Å²) in [6.07, 6.45) is 2.46. The van der Waals surface area contributed by atoms with Crippen molar-refractivity contribution >= 4 is 33.5 Å². The number of pyridine rings is 1. The van der Waals surface area contributed by atoms with E-state index in [1.807, 2.05) is 0 Å². The lowest BCUT2D eigenvalue weighted by Gasteiger charge is -2.09. The highest BCUT2D eigenvalue weighted by molar-refractivity contribution is 9.10. The van der Waals surface area contributed by atoms with Gasteiger partial charge in [-0.3, -0.25) is 0 Å². The summed E-state index contributed by atoms with van der Waals surface area (Å²) in [5, 5.41) is 0.154. The van der Waals surface area contributed by atoms with E-state index < -0.39 is 5.97 Å². The number of carbonyl (C=O) groups excluding carboxylic acids is 1. The summed E-state index contributed by atoms with van der Waals surface area (Å²) in [5.74, 6) is -0.159. The van der Waals surface area contributed by atoms with E-state index in [1.165, 1.54) is 6.20 Å². The molecule has 17 heavy (non-hydrogen) atoms.